The second-order valence-corrected chi connectivity index (χ2v) is 4.15. The smallest absolute Gasteiger partial charge is 0.242 e. The number of nitrogens with zero attached hydrogens (tertiary/aromatic N) is 1. The van der Waals surface area contributed by atoms with E-state index in [2.05, 4.69) is 10.6 Å². The van der Waals surface area contributed by atoms with Crippen molar-refractivity contribution < 1.29 is 9.59 Å². The number of piperazine rings is 1. The van der Waals surface area contributed by atoms with Gasteiger partial charge in [-0.2, -0.15) is 0 Å². The molecule has 0 radical (unpaired) electrons. The molecule has 2 saturated heterocycles. The van der Waals surface area contributed by atoms with Crippen LogP contribution in [0.1, 0.15) is 19.8 Å². The molecule has 0 aliphatic carbocycles. The standard InChI is InChI=1S/C10H17N3O2/c1-7-9(14)12-5-6-13(7)10(15)8-3-2-4-11-8/h7-8,11H,2-6H2,1H3,(H,12,14)/t7?,8-/m0/s1. The summed E-state index contributed by atoms with van der Waals surface area (Å²) >= 11 is 0. The molecule has 2 fully saturated rings. The predicted octanol–water partition coefficient (Wildman–Crippen LogP) is -0.915. The summed E-state index contributed by atoms with van der Waals surface area (Å²) in [6.45, 7) is 3.89. The fourth-order valence-electron chi connectivity index (χ4n) is 2.18. The van der Waals surface area contributed by atoms with Gasteiger partial charge in [-0.25, -0.2) is 0 Å². The lowest BCUT2D eigenvalue weighted by molar-refractivity contribution is -0.143. The number of carbonyl (C=O) groups is 2. The highest BCUT2D eigenvalue weighted by atomic mass is 16.2. The fraction of sp³-hybridized carbons (Fsp3) is 0.800. The van der Waals surface area contributed by atoms with Crippen molar-refractivity contribution >= 4 is 11.8 Å². The first-order valence-corrected chi connectivity index (χ1v) is 5.52. The highest BCUT2D eigenvalue weighted by Gasteiger charge is 2.34. The Morgan fingerprint density at radius 2 is 2.27 bits per heavy atom. The average molecular weight is 211 g/mol. The molecule has 0 aromatic heterocycles. The van der Waals surface area contributed by atoms with Crippen LogP contribution in [0.2, 0.25) is 0 Å². The summed E-state index contributed by atoms with van der Waals surface area (Å²) < 4.78 is 0. The summed E-state index contributed by atoms with van der Waals surface area (Å²) in [6.07, 6.45) is 1.94. The van der Waals surface area contributed by atoms with Gasteiger partial charge in [0.1, 0.15) is 6.04 Å². The van der Waals surface area contributed by atoms with Gasteiger partial charge in [-0.3, -0.25) is 9.59 Å². The van der Waals surface area contributed by atoms with Gasteiger partial charge in [0.05, 0.1) is 6.04 Å². The van der Waals surface area contributed by atoms with Gasteiger partial charge in [-0.05, 0) is 26.3 Å². The van der Waals surface area contributed by atoms with E-state index in [9.17, 15) is 9.59 Å². The van der Waals surface area contributed by atoms with Crippen LogP contribution in [-0.2, 0) is 9.59 Å². The molecular formula is C10H17N3O2. The minimum absolute atomic E-state index is 0.0485. The van der Waals surface area contributed by atoms with Gasteiger partial charge in [-0.1, -0.05) is 0 Å². The molecule has 0 aromatic carbocycles. The first-order chi connectivity index (χ1) is 7.20. The van der Waals surface area contributed by atoms with Crippen molar-refractivity contribution in [2.75, 3.05) is 19.6 Å². The van der Waals surface area contributed by atoms with E-state index >= 15 is 0 Å². The maximum absolute atomic E-state index is 12.0. The summed E-state index contributed by atoms with van der Waals surface area (Å²) in [6, 6.07) is -0.396. The van der Waals surface area contributed by atoms with Crippen molar-refractivity contribution in [2.45, 2.75) is 31.8 Å². The minimum atomic E-state index is -0.325. The van der Waals surface area contributed by atoms with Gasteiger partial charge in [0.15, 0.2) is 0 Å². The maximum atomic E-state index is 12.0. The van der Waals surface area contributed by atoms with Gasteiger partial charge < -0.3 is 15.5 Å². The Balaban J connectivity index is 2.01. The summed E-state index contributed by atoms with van der Waals surface area (Å²) in [4.78, 5) is 25.1. The fourth-order valence-corrected chi connectivity index (χ4v) is 2.18. The molecule has 84 valence electrons. The van der Waals surface area contributed by atoms with Crippen molar-refractivity contribution in [1.29, 1.82) is 0 Å². The van der Waals surface area contributed by atoms with E-state index < -0.39 is 0 Å². The Labute approximate surface area is 89.2 Å². The van der Waals surface area contributed by atoms with Crippen LogP contribution in [-0.4, -0.2) is 48.4 Å². The van der Waals surface area contributed by atoms with E-state index in [0.29, 0.717) is 13.1 Å². The Hall–Kier alpha value is -1.10. The lowest BCUT2D eigenvalue weighted by Gasteiger charge is -2.34. The zero-order chi connectivity index (χ0) is 10.8. The van der Waals surface area contributed by atoms with Crippen LogP contribution in [0.25, 0.3) is 0 Å². The molecule has 2 aliphatic rings. The van der Waals surface area contributed by atoms with E-state index in [0.717, 1.165) is 19.4 Å². The maximum Gasteiger partial charge on any atom is 0.242 e. The molecule has 5 heteroatoms. The Bertz CT molecular complexity index is 274. The molecule has 2 aliphatic heterocycles. The number of nitrogens with one attached hydrogen (secondary N) is 2. The van der Waals surface area contributed by atoms with E-state index in [-0.39, 0.29) is 23.9 Å². The second kappa shape index (κ2) is 4.18. The number of hydrogen-bond acceptors (Lipinski definition) is 3. The average Bonchev–Trinajstić information content (AvgIpc) is 2.74. The third kappa shape index (κ3) is 1.97. The molecule has 2 N–H and O–H groups in total. The highest BCUT2D eigenvalue weighted by molar-refractivity contribution is 5.90. The van der Waals surface area contributed by atoms with E-state index in [1.165, 1.54) is 0 Å². The molecule has 2 atom stereocenters. The van der Waals surface area contributed by atoms with Crippen LogP contribution in [0, 0.1) is 0 Å². The summed E-state index contributed by atoms with van der Waals surface area (Å²) in [5.41, 5.74) is 0. The van der Waals surface area contributed by atoms with Gasteiger partial charge in [-0.15, -0.1) is 0 Å². The molecule has 0 saturated carbocycles. The van der Waals surface area contributed by atoms with E-state index in [1.807, 2.05) is 0 Å². The Kier molecular flexibility index (Phi) is 2.90. The van der Waals surface area contributed by atoms with Crippen LogP contribution < -0.4 is 10.6 Å². The number of hydrogen-bond donors (Lipinski definition) is 2. The Morgan fingerprint density at radius 3 is 2.93 bits per heavy atom. The molecular weight excluding hydrogens is 194 g/mol. The van der Waals surface area contributed by atoms with Crippen LogP contribution in [0.3, 0.4) is 0 Å². The van der Waals surface area contributed by atoms with Gasteiger partial charge >= 0.3 is 0 Å². The molecule has 0 aromatic rings. The lowest BCUT2D eigenvalue weighted by Crippen LogP contribution is -2.59. The molecule has 0 spiro atoms. The summed E-state index contributed by atoms with van der Waals surface area (Å²) in [7, 11) is 0. The normalized spacial score (nSPS) is 31.5. The van der Waals surface area contributed by atoms with Crippen LogP contribution in [0.15, 0.2) is 0 Å². The minimum Gasteiger partial charge on any atom is -0.353 e. The van der Waals surface area contributed by atoms with Gasteiger partial charge in [0.25, 0.3) is 0 Å². The molecule has 5 nitrogen and oxygen atoms in total. The van der Waals surface area contributed by atoms with Crippen molar-refractivity contribution in [3.05, 3.63) is 0 Å². The number of amides is 2. The van der Waals surface area contributed by atoms with Crippen molar-refractivity contribution in [1.82, 2.24) is 15.5 Å². The Morgan fingerprint density at radius 1 is 1.47 bits per heavy atom. The zero-order valence-electron chi connectivity index (χ0n) is 8.95. The second-order valence-electron chi connectivity index (χ2n) is 4.15. The van der Waals surface area contributed by atoms with Gasteiger partial charge in [0.2, 0.25) is 11.8 Å². The first-order valence-electron chi connectivity index (χ1n) is 5.52. The number of carbonyl (C=O) groups excluding carboxylic acids is 2. The van der Waals surface area contributed by atoms with E-state index in [1.54, 1.807) is 11.8 Å². The van der Waals surface area contributed by atoms with Crippen LogP contribution in [0.5, 0.6) is 0 Å². The molecule has 0 bridgehead atoms. The molecule has 1 unspecified atom stereocenters. The first kappa shape index (κ1) is 10.4. The zero-order valence-corrected chi connectivity index (χ0v) is 8.95. The SMILES string of the molecule is CC1C(=O)NCCN1C(=O)[C@@H]1CCCN1. The predicted molar refractivity (Wildman–Crippen MR) is 55.2 cm³/mol. The van der Waals surface area contributed by atoms with E-state index in [4.69, 9.17) is 0 Å². The molecule has 2 rings (SSSR count). The highest BCUT2D eigenvalue weighted by Crippen LogP contribution is 2.12. The third-order valence-corrected chi connectivity index (χ3v) is 3.14. The van der Waals surface area contributed by atoms with Gasteiger partial charge in [0, 0.05) is 13.1 Å². The van der Waals surface area contributed by atoms with Crippen molar-refractivity contribution in [3.63, 3.8) is 0 Å². The van der Waals surface area contributed by atoms with Crippen LogP contribution >= 0.6 is 0 Å². The third-order valence-electron chi connectivity index (χ3n) is 3.14. The number of rotatable bonds is 1. The van der Waals surface area contributed by atoms with Crippen LogP contribution in [0.4, 0.5) is 0 Å². The summed E-state index contributed by atoms with van der Waals surface area (Å²) in [5, 5.41) is 5.92. The van der Waals surface area contributed by atoms with Crippen molar-refractivity contribution in [3.8, 4) is 0 Å². The monoisotopic (exact) mass is 211 g/mol. The quantitative estimate of drug-likeness (QED) is 0.590. The molecule has 2 amide bonds. The molecule has 15 heavy (non-hydrogen) atoms. The van der Waals surface area contributed by atoms with Crippen molar-refractivity contribution in [2.24, 2.45) is 0 Å². The topological polar surface area (TPSA) is 61.4 Å². The largest absolute Gasteiger partial charge is 0.353 e. The molecule has 2 heterocycles. The summed E-state index contributed by atoms with van der Waals surface area (Å²) in [5.74, 6) is 0.0300. The lowest BCUT2D eigenvalue weighted by atomic mass is 10.1.